The van der Waals surface area contributed by atoms with Gasteiger partial charge in [-0.2, -0.15) is 0 Å². The van der Waals surface area contributed by atoms with E-state index in [-0.39, 0.29) is 5.60 Å². The number of ether oxygens (including phenoxy) is 2. The van der Waals surface area contributed by atoms with Crippen LogP contribution in [0.4, 0.5) is 0 Å². The fraction of sp³-hybridized carbons (Fsp3) is 1.00. The summed E-state index contributed by atoms with van der Waals surface area (Å²) >= 11 is 0. The van der Waals surface area contributed by atoms with Crippen molar-refractivity contribution in [1.29, 1.82) is 0 Å². The average Bonchev–Trinajstić information content (AvgIpc) is 2.51. The molecule has 0 atom stereocenters. The Balaban J connectivity index is 2.06. The van der Waals surface area contributed by atoms with Gasteiger partial charge in [-0.3, -0.25) is 14.7 Å². The molecule has 5 nitrogen and oxygen atoms in total. The molecule has 0 aromatic carbocycles. The minimum atomic E-state index is -0.0487. The van der Waals surface area contributed by atoms with Gasteiger partial charge in [-0.1, -0.05) is 6.92 Å². The molecule has 1 saturated heterocycles. The van der Waals surface area contributed by atoms with Gasteiger partial charge in [0.25, 0.3) is 0 Å². The smallest absolute Gasteiger partial charge is 0.0600 e. The topological polar surface area (TPSA) is 28.2 Å². The fourth-order valence-electron chi connectivity index (χ4n) is 3.04. The zero-order chi connectivity index (χ0) is 18.9. The van der Waals surface area contributed by atoms with Crippen molar-refractivity contribution in [2.75, 3.05) is 72.2 Å². The molecule has 0 aromatic rings. The summed E-state index contributed by atoms with van der Waals surface area (Å²) < 4.78 is 11.7. The van der Waals surface area contributed by atoms with Gasteiger partial charge in [-0.15, -0.1) is 0 Å². The quantitative estimate of drug-likeness (QED) is 0.560. The molecule has 0 aromatic heterocycles. The van der Waals surface area contributed by atoms with Crippen LogP contribution in [0.25, 0.3) is 0 Å². The minimum absolute atomic E-state index is 0.0487. The Morgan fingerprint density at radius 3 is 1.96 bits per heavy atom. The Labute approximate surface area is 156 Å². The maximum atomic E-state index is 5.87. The summed E-state index contributed by atoms with van der Waals surface area (Å²) in [5, 5.41) is 0. The molecule has 150 valence electrons. The summed E-state index contributed by atoms with van der Waals surface area (Å²) in [6.07, 6.45) is 0. The van der Waals surface area contributed by atoms with Crippen LogP contribution in [0.15, 0.2) is 0 Å². The molecule has 1 aliphatic rings. The second kappa shape index (κ2) is 10.8. The number of piperazine rings is 1. The molecule has 1 heterocycles. The van der Waals surface area contributed by atoms with Crippen LogP contribution in [-0.2, 0) is 9.47 Å². The van der Waals surface area contributed by atoms with Gasteiger partial charge < -0.3 is 9.47 Å². The maximum Gasteiger partial charge on any atom is 0.0600 e. The van der Waals surface area contributed by atoms with Gasteiger partial charge in [0.15, 0.2) is 0 Å². The monoisotopic (exact) mass is 357 g/mol. The largest absolute Gasteiger partial charge is 0.379 e. The van der Waals surface area contributed by atoms with Crippen molar-refractivity contribution in [3.63, 3.8) is 0 Å². The van der Waals surface area contributed by atoms with E-state index in [1.54, 1.807) is 0 Å². The Bertz CT molecular complexity index is 335. The highest BCUT2D eigenvalue weighted by Crippen LogP contribution is 2.15. The summed E-state index contributed by atoms with van der Waals surface area (Å²) in [7, 11) is 0. The number of hydrogen-bond donors (Lipinski definition) is 0. The molecule has 0 N–H and O–H groups in total. The molecule has 0 unspecified atom stereocenters. The van der Waals surface area contributed by atoms with Gasteiger partial charge in [0.05, 0.1) is 25.4 Å². The van der Waals surface area contributed by atoms with Gasteiger partial charge in [0.2, 0.25) is 0 Å². The first-order valence-corrected chi connectivity index (χ1v) is 10.0. The van der Waals surface area contributed by atoms with Crippen LogP contribution >= 0.6 is 0 Å². The molecule has 1 fully saturated rings. The number of hydrogen-bond acceptors (Lipinski definition) is 5. The molecule has 0 radical (unpaired) electrons. The van der Waals surface area contributed by atoms with Crippen molar-refractivity contribution < 1.29 is 9.47 Å². The number of likely N-dealkylation sites (N-methyl/N-ethyl adjacent to an activating group) is 1. The second-order valence-electron chi connectivity index (χ2n) is 9.01. The first-order chi connectivity index (χ1) is 11.6. The summed E-state index contributed by atoms with van der Waals surface area (Å²) in [6.45, 7) is 26.6. The van der Waals surface area contributed by atoms with Crippen LogP contribution in [0, 0.1) is 0 Å². The van der Waals surface area contributed by atoms with Gasteiger partial charge in [-0.05, 0) is 48.1 Å². The third kappa shape index (κ3) is 10.5. The van der Waals surface area contributed by atoms with Crippen molar-refractivity contribution in [1.82, 2.24) is 14.7 Å². The van der Waals surface area contributed by atoms with Crippen LogP contribution < -0.4 is 0 Å². The van der Waals surface area contributed by atoms with E-state index in [9.17, 15) is 0 Å². The summed E-state index contributed by atoms with van der Waals surface area (Å²) in [6, 6.07) is 0. The molecule has 1 aliphatic heterocycles. The van der Waals surface area contributed by atoms with Crippen LogP contribution in [-0.4, -0.2) is 98.0 Å². The highest BCUT2D eigenvalue weighted by molar-refractivity contribution is 4.81. The first kappa shape index (κ1) is 22.8. The number of nitrogens with zero attached hydrogens (tertiary/aromatic N) is 3. The predicted octanol–water partition coefficient (Wildman–Crippen LogP) is 2.56. The predicted molar refractivity (Wildman–Crippen MR) is 106 cm³/mol. The van der Waals surface area contributed by atoms with E-state index in [1.807, 2.05) is 0 Å². The zero-order valence-electron chi connectivity index (χ0n) is 17.9. The lowest BCUT2D eigenvalue weighted by molar-refractivity contribution is -0.0158. The summed E-state index contributed by atoms with van der Waals surface area (Å²) in [5.41, 5.74) is 0.246. The fourth-order valence-corrected chi connectivity index (χ4v) is 3.04. The lowest BCUT2D eigenvalue weighted by Crippen LogP contribution is -2.53. The summed E-state index contributed by atoms with van der Waals surface area (Å²) in [4.78, 5) is 7.49. The van der Waals surface area contributed by atoms with Crippen molar-refractivity contribution in [3.05, 3.63) is 0 Å². The molecule has 0 bridgehead atoms. The zero-order valence-corrected chi connectivity index (χ0v) is 17.9. The standard InChI is InChI=1S/C20H43N3O2/c1-8-21(15-18-25-20(5,6)7)13-16-24-17-14-22-9-11-23(12-10-22)19(2,3)4/h8-18H2,1-7H3. The maximum absolute atomic E-state index is 5.87. The molecule has 25 heavy (non-hydrogen) atoms. The SMILES string of the molecule is CCN(CCOCCN1CCN(C(C)(C)C)CC1)CCOC(C)(C)C. The van der Waals surface area contributed by atoms with E-state index in [4.69, 9.17) is 9.47 Å². The van der Waals surface area contributed by atoms with E-state index in [0.717, 1.165) is 59.1 Å². The second-order valence-corrected chi connectivity index (χ2v) is 9.01. The van der Waals surface area contributed by atoms with Crippen molar-refractivity contribution in [2.24, 2.45) is 0 Å². The van der Waals surface area contributed by atoms with E-state index < -0.39 is 0 Å². The molecule has 5 heteroatoms. The third-order valence-electron chi connectivity index (χ3n) is 4.81. The Kier molecular flexibility index (Phi) is 9.89. The van der Waals surface area contributed by atoms with Crippen molar-refractivity contribution in [2.45, 2.75) is 59.6 Å². The van der Waals surface area contributed by atoms with Gasteiger partial charge in [0, 0.05) is 51.4 Å². The molecule has 0 aliphatic carbocycles. The summed E-state index contributed by atoms with van der Waals surface area (Å²) in [5.74, 6) is 0. The lowest BCUT2D eigenvalue weighted by atomic mass is 10.1. The highest BCUT2D eigenvalue weighted by Gasteiger charge is 2.25. The Hall–Kier alpha value is -0.200. The van der Waals surface area contributed by atoms with Crippen molar-refractivity contribution >= 4 is 0 Å². The van der Waals surface area contributed by atoms with Gasteiger partial charge in [-0.25, -0.2) is 0 Å². The van der Waals surface area contributed by atoms with Gasteiger partial charge in [0.1, 0.15) is 0 Å². The minimum Gasteiger partial charge on any atom is -0.379 e. The van der Waals surface area contributed by atoms with E-state index in [2.05, 4.69) is 63.2 Å². The molecule has 0 spiro atoms. The van der Waals surface area contributed by atoms with Crippen LogP contribution in [0.2, 0.25) is 0 Å². The molecule has 1 rings (SSSR count). The average molecular weight is 358 g/mol. The molecular formula is C20H43N3O2. The molecule has 0 amide bonds. The van der Waals surface area contributed by atoms with Crippen LogP contribution in [0.3, 0.4) is 0 Å². The molecular weight excluding hydrogens is 314 g/mol. The normalized spacial score (nSPS) is 18.2. The van der Waals surface area contributed by atoms with E-state index >= 15 is 0 Å². The van der Waals surface area contributed by atoms with Gasteiger partial charge >= 0.3 is 0 Å². The van der Waals surface area contributed by atoms with Crippen LogP contribution in [0.5, 0.6) is 0 Å². The van der Waals surface area contributed by atoms with E-state index in [1.165, 1.54) is 13.1 Å². The first-order valence-electron chi connectivity index (χ1n) is 10.0. The highest BCUT2D eigenvalue weighted by atomic mass is 16.5. The van der Waals surface area contributed by atoms with E-state index in [0.29, 0.717) is 5.54 Å². The van der Waals surface area contributed by atoms with Crippen LogP contribution in [0.1, 0.15) is 48.5 Å². The molecule has 0 saturated carbocycles. The lowest BCUT2D eigenvalue weighted by Gasteiger charge is -2.42. The number of rotatable bonds is 10. The Morgan fingerprint density at radius 1 is 0.840 bits per heavy atom. The Morgan fingerprint density at radius 2 is 1.44 bits per heavy atom. The third-order valence-corrected chi connectivity index (χ3v) is 4.81. The van der Waals surface area contributed by atoms with Crippen molar-refractivity contribution in [3.8, 4) is 0 Å².